The van der Waals surface area contributed by atoms with Crippen LogP contribution >= 0.6 is 0 Å². The molecule has 6 heteroatoms. The molecule has 0 heterocycles. The van der Waals surface area contributed by atoms with Crippen LogP contribution in [0.3, 0.4) is 0 Å². The van der Waals surface area contributed by atoms with Crippen molar-refractivity contribution < 1.29 is 10.0 Å². The highest BCUT2D eigenvalue weighted by Crippen LogP contribution is 2.25. The van der Waals surface area contributed by atoms with E-state index in [1.165, 1.54) is 12.1 Å². The summed E-state index contributed by atoms with van der Waals surface area (Å²) in [5, 5.41) is 28.9. The van der Waals surface area contributed by atoms with Crippen molar-refractivity contribution in [1.82, 2.24) is 0 Å². The molecule has 0 bridgehead atoms. The number of hydrogen-bond donors (Lipinski definition) is 1. The second kappa shape index (κ2) is 7.34. The van der Waals surface area contributed by atoms with Gasteiger partial charge < -0.3 is 10.0 Å². The fourth-order valence-corrected chi connectivity index (χ4v) is 1.83. The Morgan fingerprint density at radius 3 is 2.74 bits per heavy atom. The minimum absolute atomic E-state index is 0.0223. The normalized spacial score (nSPS) is 9.95. The van der Waals surface area contributed by atoms with Crippen LogP contribution in [0.15, 0.2) is 18.2 Å². The third-order valence-electron chi connectivity index (χ3n) is 2.80. The Morgan fingerprint density at radius 2 is 2.21 bits per heavy atom. The maximum Gasteiger partial charge on any atom is 0.270 e. The summed E-state index contributed by atoms with van der Waals surface area (Å²) in [6, 6.07) is 6.20. The number of nitriles is 1. The van der Waals surface area contributed by atoms with Gasteiger partial charge in [0.2, 0.25) is 0 Å². The smallest absolute Gasteiger partial charge is 0.270 e. The van der Waals surface area contributed by atoms with Crippen LogP contribution in [0.1, 0.15) is 25.3 Å². The molecule has 102 valence electrons. The zero-order chi connectivity index (χ0) is 14.3. The molecule has 0 saturated carbocycles. The molecule has 0 aromatic heterocycles. The zero-order valence-electron chi connectivity index (χ0n) is 10.9. The van der Waals surface area contributed by atoms with Crippen LogP contribution < -0.4 is 4.90 Å². The Balaban J connectivity index is 3.08. The summed E-state index contributed by atoms with van der Waals surface area (Å²) >= 11 is 0. The number of rotatable bonds is 7. The fourth-order valence-electron chi connectivity index (χ4n) is 1.83. The maximum atomic E-state index is 10.7. The standard InChI is InChI=1S/C13H17N3O3/c1-2-3-6-15(7-8-17)13-5-4-12(16(18)19)9-11(13)10-14/h4-5,9,17H,2-3,6-8H2,1H3. The lowest BCUT2D eigenvalue weighted by Gasteiger charge is -2.24. The lowest BCUT2D eigenvalue weighted by atomic mass is 10.1. The number of aliphatic hydroxyl groups excluding tert-OH is 1. The zero-order valence-corrected chi connectivity index (χ0v) is 10.9. The first-order valence-electron chi connectivity index (χ1n) is 6.18. The number of hydrogen-bond acceptors (Lipinski definition) is 5. The predicted molar refractivity (Wildman–Crippen MR) is 72.0 cm³/mol. The van der Waals surface area contributed by atoms with Gasteiger partial charge in [-0.2, -0.15) is 5.26 Å². The molecule has 1 N–H and O–H groups in total. The van der Waals surface area contributed by atoms with Gasteiger partial charge in [-0.25, -0.2) is 0 Å². The molecule has 1 rings (SSSR count). The molecule has 0 unspecified atom stereocenters. The Hall–Kier alpha value is -2.13. The molecular weight excluding hydrogens is 246 g/mol. The van der Waals surface area contributed by atoms with Crippen LogP contribution in [0.25, 0.3) is 0 Å². The van der Waals surface area contributed by atoms with Crippen LogP contribution in [-0.4, -0.2) is 29.7 Å². The number of unbranched alkanes of at least 4 members (excludes halogenated alkanes) is 1. The lowest BCUT2D eigenvalue weighted by Crippen LogP contribution is -2.28. The highest BCUT2D eigenvalue weighted by Gasteiger charge is 2.15. The van der Waals surface area contributed by atoms with Gasteiger partial charge in [-0.15, -0.1) is 0 Å². The van der Waals surface area contributed by atoms with Gasteiger partial charge >= 0.3 is 0 Å². The van der Waals surface area contributed by atoms with Gasteiger partial charge in [-0.05, 0) is 12.5 Å². The Labute approximate surface area is 112 Å². The molecule has 1 aromatic rings. The van der Waals surface area contributed by atoms with E-state index in [0.717, 1.165) is 12.8 Å². The van der Waals surface area contributed by atoms with Gasteiger partial charge in [0.15, 0.2) is 0 Å². The highest BCUT2D eigenvalue weighted by molar-refractivity contribution is 5.62. The van der Waals surface area contributed by atoms with Gasteiger partial charge in [0.1, 0.15) is 6.07 Å². The molecule has 19 heavy (non-hydrogen) atoms. The first-order chi connectivity index (χ1) is 9.13. The summed E-state index contributed by atoms with van der Waals surface area (Å²) in [5.74, 6) is 0. The van der Waals surface area contributed by atoms with E-state index in [2.05, 4.69) is 6.92 Å². The third-order valence-corrected chi connectivity index (χ3v) is 2.80. The van der Waals surface area contributed by atoms with E-state index in [0.29, 0.717) is 18.8 Å². The summed E-state index contributed by atoms with van der Waals surface area (Å²) in [6.07, 6.45) is 1.93. The molecule has 0 fully saturated rings. The number of nitro groups is 1. The second-order valence-electron chi connectivity index (χ2n) is 4.13. The van der Waals surface area contributed by atoms with E-state index in [1.54, 1.807) is 6.07 Å². The van der Waals surface area contributed by atoms with Crippen molar-refractivity contribution >= 4 is 11.4 Å². The minimum atomic E-state index is -0.521. The Bertz CT molecular complexity index is 483. The molecule has 0 amide bonds. The molecular formula is C13H17N3O3. The maximum absolute atomic E-state index is 10.7. The largest absolute Gasteiger partial charge is 0.395 e. The average molecular weight is 263 g/mol. The molecule has 0 aliphatic rings. The third kappa shape index (κ3) is 3.93. The van der Waals surface area contributed by atoms with E-state index < -0.39 is 4.92 Å². The molecule has 1 aromatic carbocycles. The average Bonchev–Trinajstić information content (AvgIpc) is 2.42. The molecule has 0 aliphatic carbocycles. The van der Waals surface area contributed by atoms with Crippen LogP contribution in [0.5, 0.6) is 0 Å². The topological polar surface area (TPSA) is 90.4 Å². The number of nitrogens with zero attached hydrogens (tertiary/aromatic N) is 3. The van der Waals surface area contributed by atoms with Gasteiger partial charge in [-0.1, -0.05) is 13.3 Å². The first kappa shape index (κ1) is 14.9. The molecule has 0 atom stereocenters. The number of aliphatic hydroxyl groups is 1. The van der Waals surface area contributed by atoms with Crippen molar-refractivity contribution in [2.75, 3.05) is 24.6 Å². The Kier molecular flexibility index (Phi) is 5.76. The summed E-state index contributed by atoms with van der Waals surface area (Å²) in [5.41, 5.74) is 0.800. The second-order valence-corrected chi connectivity index (χ2v) is 4.13. The Morgan fingerprint density at radius 1 is 1.47 bits per heavy atom. The number of benzene rings is 1. The summed E-state index contributed by atoms with van der Waals surface area (Å²) < 4.78 is 0. The summed E-state index contributed by atoms with van der Waals surface area (Å²) in [6.45, 7) is 3.15. The van der Waals surface area contributed by atoms with Crippen molar-refractivity contribution in [3.05, 3.63) is 33.9 Å². The molecule has 0 spiro atoms. The predicted octanol–water partition coefficient (Wildman–Crippen LogP) is 2.07. The molecule has 6 nitrogen and oxygen atoms in total. The van der Waals surface area contributed by atoms with Crippen LogP contribution in [0.4, 0.5) is 11.4 Å². The molecule has 0 radical (unpaired) electrons. The highest BCUT2D eigenvalue weighted by atomic mass is 16.6. The van der Waals surface area contributed by atoms with E-state index in [4.69, 9.17) is 10.4 Å². The monoisotopic (exact) mass is 263 g/mol. The SMILES string of the molecule is CCCCN(CCO)c1ccc([N+](=O)[O-])cc1C#N. The molecule has 0 aliphatic heterocycles. The van der Waals surface area contributed by atoms with Crippen LogP contribution in [0.2, 0.25) is 0 Å². The van der Waals surface area contributed by atoms with E-state index in [-0.39, 0.29) is 17.9 Å². The van der Waals surface area contributed by atoms with Crippen LogP contribution in [0, 0.1) is 21.4 Å². The number of nitro benzene ring substituents is 1. The van der Waals surface area contributed by atoms with Crippen LogP contribution in [-0.2, 0) is 0 Å². The van der Waals surface area contributed by atoms with E-state index >= 15 is 0 Å². The fraction of sp³-hybridized carbons (Fsp3) is 0.462. The van der Waals surface area contributed by atoms with Crippen molar-refractivity contribution in [2.45, 2.75) is 19.8 Å². The van der Waals surface area contributed by atoms with Crippen molar-refractivity contribution in [2.24, 2.45) is 0 Å². The number of anilines is 1. The van der Waals surface area contributed by atoms with Gasteiger partial charge in [0.25, 0.3) is 5.69 Å². The van der Waals surface area contributed by atoms with Gasteiger partial charge in [-0.3, -0.25) is 10.1 Å². The molecule has 0 saturated heterocycles. The summed E-state index contributed by atoms with van der Waals surface area (Å²) in [4.78, 5) is 12.1. The first-order valence-corrected chi connectivity index (χ1v) is 6.18. The van der Waals surface area contributed by atoms with E-state index in [9.17, 15) is 10.1 Å². The van der Waals surface area contributed by atoms with Crippen molar-refractivity contribution in [1.29, 1.82) is 5.26 Å². The number of non-ortho nitro benzene ring substituents is 1. The van der Waals surface area contributed by atoms with Crippen molar-refractivity contribution in [3.8, 4) is 6.07 Å². The van der Waals surface area contributed by atoms with Gasteiger partial charge in [0.05, 0.1) is 22.8 Å². The lowest BCUT2D eigenvalue weighted by molar-refractivity contribution is -0.384. The summed E-state index contributed by atoms with van der Waals surface area (Å²) in [7, 11) is 0. The van der Waals surface area contributed by atoms with E-state index in [1.807, 2.05) is 11.0 Å². The van der Waals surface area contributed by atoms with Gasteiger partial charge in [0, 0.05) is 25.2 Å². The van der Waals surface area contributed by atoms with Crippen molar-refractivity contribution in [3.63, 3.8) is 0 Å². The quantitative estimate of drug-likeness (QED) is 0.600. The minimum Gasteiger partial charge on any atom is -0.395 e.